The van der Waals surface area contributed by atoms with Gasteiger partial charge in [-0.25, -0.2) is 4.68 Å². The van der Waals surface area contributed by atoms with Crippen LogP contribution < -0.4 is 11.1 Å². The van der Waals surface area contributed by atoms with Gasteiger partial charge < -0.3 is 5.73 Å². The Kier molecular flexibility index (Phi) is 1.86. The first kappa shape index (κ1) is 7.26. The lowest BCUT2D eigenvalue weighted by Gasteiger charge is -2.03. The molecule has 0 spiro atoms. The normalized spacial score (nSPS) is 9.09. The second kappa shape index (κ2) is 2.82. The highest BCUT2D eigenvalue weighted by Crippen LogP contribution is 1.80. The van der Waals surface area contributed by atoms with Crippen LogP contribution in [-0.4, -0.2) is 21.7 Å². The fourth-order valence-electron chi connectivity index (χ4n) is 0.586. The number of aromatic nitrogens is 2. The minimum absolute atomic E-state index is 0.0394. The van der Waals surface area contributed by atoms with Gasteiger partial charge in [0.2, 0.25) is 5.96 Å². The summed E-state index contributed by atoms with van der Waals surface area (Å²) < 4.78 is 1.27. The van der Waals surface area contributed by atoms with E-state index in [2.05, 4.69) is 10.4 Å². The van der Waals surface area contributed by atoms with E-state index in [4.69, 9.17) is 16.6 Å². The molecule has 0 bridgehead atoms. The van der Waals surface area contributed by atoms with E-state index in [1.807, 2.05) is 0 Å². The first-order valence-corrected chi connectivity index (χ1v) is 2.90. The van der Waals surface area contributed by atoms with Crippen LogP contribution in [0.5, 0.6) is 0 Å². The molecule has 0 fully saturated rings. The second-order valence-corrected chi connectivity index (χ2v) is 1.84. The van der Waals surface area contributed by atoms with Crippen LogP contribution in [0, 0.1) is 10.8 Å². The standard InChI is InChI=1S/C5H8N6/c6-4(7)10-5(8)11-3-1-2-9-11/h1-3H,(H5,6,7,8,10). The lowest BCUT2D eigenvalue weighted by atomic mass is 10.7. The summed E-state index contributed by atoms with van der Waals surface area (Å²) in [7, 11) is 0. The molecule has 0 aromatic carbocycles. The summed E-state index contributed by atoms with van der Waals surface area (Å²) >= 11 is 0. The number of hydrogen-bond donors (Lipinski definition) is 4. The van der Waals surface area contributed by atoms with Gasteiger partial charge in [-0.3, -0.25) is 16.1 Å². The van der Waals surface area contributed by atoms with Gasteiger partial charge in [-0.1, -0.05) is 0 Å². The van der Waals surface area contributed by atoms with Crippen LogP contribution >= 0.6 is 0 Å². The first-order chi connectivity index (χ1) is 5.20. The molecule has 0 aliphatic carbocycles. The molecule has 1 aromatic heterocycles. The zero-order valence-corrected chi connectivity index (χ0v) is 5.70. The van der Waals surface area contributed by atoms with Crippen molar-refractivity contribution < 1.29 is 0 Å². The predicted molar refractivity (Wildman–Crippen MR) is 40.4 cm³/mol. The SMILES string of the molecule is N=C(N)NC(=N)n1cccn1. The highest BCUT2D eigenvalue weighted by atomic mass is 15.4. The van der Waals surface area contributed by atoms with Crippen molar-refractivity contribution in [2.45, 2.75) is 0 Å². The van der Waals surface area contributed by atoms with E-state index in [1.165, 1.54) is 10.9 Å². The van der Waals surface area contributed by atoms with Crippen molar-refractivity contribution in [2.75, 3.05) is 0 Å². The summed E-state index contributed by atoms with van der Waals surface area (Å²) in [5, 5.41) is 20.1. The van der Waals surface area contributed by atoms with Gasteiger partial charge in [-0.15, -0.1) is 0 Å². The zero-order chi connectivity index (χ0) is 8.27. The van der Waals surface area contributed by atoms with Crippen LogP contribution in [0.4, 0.5) is 0 Å². The third kappa shape index (κ3) is 1.78. The van der Waals surface area contributed by atoms with E-state index in [-0.39, 0.29) is 11.9 Å². The van der Waals surface area contributed by atoms with E-state index < -0.39 is 0 Å². The number of rotatable bonds is 0. The maximum atomic E-state index is 7.25. The number of nitrogens with zero attached hydrogens (tertiary/aromatic N) is 2. The lowest BCUT2D eigenvalue weighted by Crippen LogP contribution is -2.39. The van der Waals surface area contributed by atoms with Crippen molar-refractivity contribution in [1.82, 2.24) is 15.1 Å². The summed E-state index contributed by atoms with van der Waals surface area (Å²) in [6.07, 6.45) is 3.12. The summed E-state index contributed by atoms with van der Waals surface area (Å²) in [4.78, 5) is 0. The minimum Gasteiger partial charge on any atom is -0.370 e. The zero-order valence-electron chi connectivity index (χ0n) is 5.70. The summed E-state index contributed by atoms with van der Waals surface area (Å²) in [6, 6.07) is 1.68. The fraction of sp³-hybridized carbons (Fsp3) is 0. The Hall–Kier alpha value is -1.85. The van der Waals surface area contributed by atoms with Crippen molar-refractivity contribution in [2.24, 2.45) is 5.73 Å². The summed E-state index contributed by atoms with van der Waals surface area (Å²) in [5.41, 5.74) is 4.99. The van der Waals surface area contributed by atoms with Gasteiger partial charge in [0.25, 0.3) is 0 Å². The number of nitrogens with one attached hydrogen (secondary N) is 3. The molecule has 0 saturated carbocycles. The predicted octanol–water partition coefficient (Wildman–Crippen LogP) is -0.851. The maximum Gasteiger partial charge on any atom is 0.223 e. The van der Waals surface area contributed by atoms with Crippen molar-refractivity contribution in [3.63, 3.8) is 0 Å². The molecule has 0 aliphatic heterocycles. The molecule has 11 heavy (non-hydrogen) atoms. The van der Waals surface area contributed by atoms with Crippen molar-refractivity contribution in [3.8, 4) is 0 Å². The Labute approximate surface area is 63.0 Å². The van der Waals surface area contributed by atoms with Crippen molar-refractivity contribution in [3.05, 3.63) is 18.5 Å². The van der Waals surface area contributed by atoms with E-state index in [9.17, 15) is 0 Å². The number of nitrogens with two attached hydrogens (primary N) is 1. The van der Waals surface area contributed by atoms with Crippen LogP contribution in [-0.2, 0) is 0 Å². The average molecular weight is 152 g/mol. The van der Waals surface area contributed by atoms with Gasteiger partial charge in [0.05, 0.1) is 0 Å². The van der Waals surface area contributed by atoms with E-state index in [0.717, 1.165) is 0 Å². The minimum atomic E-state index is -0.273. The first-order valence-electron chi connectivity index (χ1n) is 2.90. The molecule has 0 atom stereocenters. The highest BCUT2D eigenvalue weighted by Gasteiger charge is 1.97. The summed E-state index contributed by atoms with van der Waals surface area (Å²) in [6.45, 7) is 0. The van der Waals surface area contributed by atoms with Crippen LogP contribution in [0.2, 0.25) is 0 Å². The Balaban J connectivity index is 2.64. The highest BCUT2D eigenvalue weighted by molar-refractivity contribution is 5.95. The molecule has 0 unspecified atom stereocenters. The molecule has 0 radical (unpaired) electrons. The Bertz CT molecular complexity index is 261. The molecule has 0 amide bonds. The van der Waals surface area contributed by atoms with Gasteiger partial charge in [-0.05, 0) is 6.07 Å². The van der Waals surface area contributed by atoms with Gasteiger partial charge in [0.15, 0.2) is 5.96 Å². The third-order valence-electron chi connectivity index (χ3n) is 0.987. The molecular formula is C5H8N6. The van der Waals surface area contributed by atoms with E-state index >= 15 is 0 Å². The number of hydrogen-bond acceptors (Lipinski definition) is 3. The summed E-state index contributed by atoms with van der Waals surface area (Å²) in [5.74, 6) is -0.312. The van der Waals surface area contributed by atoms with Gasteiger partial charge in [0, 0.05) is 12.4 Å². The Morgan fingerprint density at radius 3 is 2.73 bits per heavy atom. The topological polar surface area (TPSA) is 104 Å². The van der Waals surface area contributed by atoms with E-state index in [0.29, 0.717) is 0 Å². The molecule has 0 aliphatic rings. The fourth-order valence-corrected chi connectivity index (χ4v) is 0.586. The van der Waals surface area contributed by atoms with Crippen LogP contribution in [0.25, 0.3) is 0 Å². The van der Waals surface area contributed by atoms with Crippen LogP contribution in [0.1, 0.15) is 0 Å². The quantitative estimate of drug-likeness (QED) is 0.287. The maximum absolute atomic E-state index is 7.25. The second-order valence-electron chi connectivity index (χ2n) is 1.84. The van der Waals surface area contributed by atoms with Crippen molar-refractivity contribution in [1.29, 1.82) is 10.8 Å². The van der Waals surface area contributed by atoms with Crippen LogP contribution in [0.15, 0.2) is 18.5 Å². The van der Waals surface area contributed by atoms with Gasteiger partial charge in [0.1, 0.15) is 0 Å². The Morgan fingerprint density at radius 2 is 2.27 bits per heavy atom. The third-order valence-corrected chi connectivity index (χ3v) is 0.987. The molecule has 6 heteroatoms. The monoisotopic (exact) mass is 152 g/mol. The molecule has 58 valence electrons. The molecule has 1 rings (SSSR count). The molecule has 1 heterocycles. The van der Waals surface area contributed by atoms with Gasteiger partial charge >= 0.3 is 0 Å². The molecule has 5 N–H and O–H groups in total. The molecular weight excluding hydrogens is 144 g/mol. The van der Waals surface area contributed by atoms with Crippen LogP contribution in [0.3, 0.4) is 0 Å². The largest absolute Gasteiger partial charge is 0.370 e. The molecule has 1 aromatic rings. The lowest BCUT2D eigenvalue weighted by molar-refractivity contribution is 0.888. The molecule has 0 saturated heterocycles. The average Bonchev–Trinajstić information content (AvgIpc) is 2.35. The van der Waals surface area contributed by atoms with E-state index in [1.54, 1.807) is 12.3 Å². The van der Waals surface area contributed by atoms with Crippen molar-refractivity contribution >= 4 is 11.9 Å². The molecule has 6 nitrogen and oxygen atoms in total. The Morgan fingerprint density at radius 1 is 1.55 bits per heavy atom. The van der Waals surface area contributed by atoms with Gasteiger partial charge in [-0.2, -0.15) is 5.10 Å². The smallest absolute Gasteiger partial charge is 0.223 e. The number of guanidine groups is 1.